The van der Waals surface area contributed by atoms with E-state index in [-0.39, 0.29) is 5.82 Å². The Labute approximate surface area is 119 Å². The number of rotatable bonds is 3. The Morgan fingerprint density at radius 1 is 1.15 bits per heavy atom. The van der Waals surface area contributed by atoms with Crippen LogP contribution < -0.4 is 0 Å². The fraction of sp³-hybridized carbons (Fsp3) is 0.294. The predicted octanol–water partition coefficient (Wildman–Crippen LogP) is 3.45. The fourth-order valence-corrected chi connectivity index (χ4v) is 2.67. The summed E-state index contributed by atoms with van der Waals surface area (Å²) >= 11 is 0. The summed E-state index contributed by atoms with van der Waals surface area (Å²) in [6, 6.07) is 11.1. The molecule has 1 aliphatic rings. The van der Waals surface area contributed by atoms with E-state index in [4.69, 9.17) is 0 Å². The number of halogens is 1. The minimum atomic E-state index is -0.171. The van der Waals surface area contributed by atoms with Gasteiger partial charge in [0, 0.05) is 38.6 Å². The van der Waals surface area contributed by atoms with E-state index in [2.05, 4.69) is 40.9 Å². The summed E-state index contributed by atoms with van der Waals surface area (Å²) < 4.78 is 15.1. The van der Waals surface area contributed by atoms with E-state index >= 15 is 0 Å². The fourth-order valence-electron chi connectivity index (χ4n) is 2.67. The summed E-state index contributed by atoms with van der Waals surface area (Å²) in [5.74, 6) is -0.171. The Bertz CT molecular complexity index is 610. The first-order valence-corrected chi connectivity index (χ1v) is 7.00. The Hall–Kier alpha value is -1.87. The third-order valence-corrected chi connectivity index (χ3v) is 3.95. The molecule has 0 aliphatic carbocycles. The molecule has 0 N–H and O–H groups in total. The molecule has 0 saturated carbocycles. The Balaban J connectivity index is 1.66. The van der Waals surface area contributed by atoms with Gasteiger partial charge in [0.2, 0.25) is 0 Å². The van der Waals surface area contributed by atoms with Crippen molar-refractivity contribution in [3.63, 3.8) is 0 Å². The van der Waals surface area contributed by atoms with Crippen molar-refractivity contribution >= 4 is 5.57 Å². The molecule has 0 atom stereocenters. The lowest BCUT2D eigenvalue weighted by atomic mass is 9.99. The Morgan fingerprint density at radius 2 is 1.95 bits per heavy atom. The molecule has 1 aliphatic heterocycles. The Morgan fingerprint density at radius 3 is 2.55 bits per heavy atom. The van der Waals surface area contributed by atoms with Crippen molar-refractivity contribution in [2.45, 2.75) is 13.0 Å². The molecule has 2 heterocycles. The van der Waals surface area contributed by atoms with Crippen molar-refractivity contribution in [1.82, 2.24) is 9.47 Å². The van der Waals surface area contributed by atoms with Gasteiger partial charge < -0.3 is 4.57 Å². The van der Waals surface area contributed by atoms with Crippen molar-refractivity contribution in [1.29, 1.82) is 0 Å². The molecule has 0 amide bonds. The second-order valence-corrected chi connectivity index (χ2v) is 5.33. The van der Waals surface area contributed by atoms with Gasteiger partial charge in [-0.05, 0) is 41.8 Å². The average molecular weight is 270 g/mol. The summed E-state index contributed by atoms with van der Waals surface area (Å²) in [7, 11) is 2.08. The van der Waals surface area contributed by atoms with Gasteiger partial charge in [0.15, 0.2) is 0 Å². The van der Waals surface area contributed by atoms with Crippen molar-refractivity contribution in [3.8, 4) is 0 Å². The molecule has 1 aromatic carbocycles. The second-order valence-electron chi connectivity index (χ2n) is 5.33. The summed E-state index contributed by atoms with van der Waals surface area (Å²) in [5, 5.41) is 0. The summed E-state index contributed by atoms with van der Waals surface area (Å²) in [6.45, 7) is 2.99. The number of hydrogen-bond donors (Lipinski definition) is 0. The first-order chi connectivity index (χ1) is 9.72. The van der Waals surface area contributed by atoms with Crippen LogP contribution >= 0.6 is 0 Å². The molecule has 0 unspecified atom stereocenters. The molecule has 0 bridgehead atoms. The third-order valence-electron chi connectivity index (χ3n) is 3.95. The van der Waals surface area contributed by atoms with Gasteiger partial charge >= 0.3 is 0 Å². The van der Waals surface area contributed by atoms with Gasteiger partial charge in [-0.3, -0.25) is 4.90 Å². The molecule has 104 valence electrons. The number of hydrogen-bond acceptors (Lipinski definition) is 1. The van der Waals surface area contributed by atoms with Crippen LogP contribution in [0.5, 0.6) is 0 Å². The van der Waals surface area contributed by atoms with Crippen molar-refractivity contribution in [2.24, 2.45) is 7.05 Å². The number of aromatic nitrogens is 1. The van der Waals surface area contributed by atoms with E-state index < -0.39 is 0 Å². The minimum absolute atomic E-state index is 0.171. The molecular formula is C17H19FN2. The van der Waals surface area contributed by atoms with Crippen LogP contribution in [-0.4, -0.2) is 22.6 Å². The molecule has 3 rings (SSSR count). The van der Waals surface area contributed by atoms with Crippen molar-refractivity contribution in [3.05, 3.63) is 65.7 Å². The molecule has 2 aromatic rings. The van der Waals surface area contributed by atoms with Crippen molar-refractivity contribution in [2.75, 3.05) is 13.1 Å². The quantitative estimate of drug-likeness (QED) is 0.829. The highest BCUT2D eigenvalue weighted by Gasteiger charge is 2.14. The minimum Gasteiger partial charge on any atom is -0.353 e. The first-order valence-electron chi connectivity index (χ1n) is 7.00. The Kier molecular flexibility index (Phi) is 3.70. The largest absolute Gasteiger partial charge is 0.353 e. The molecule has 0 radical (unpaired) electrons. The first kappa shape index (κ1) is 13.1. The van der Waals surface area contributed by atoms with E-state index in [0.29, 0.717) is 0 Å². The van der Waals surface area contributed by atoms with Gasteiger partial charge in [-0.15, -0.1) is 0 Å². The number of benzene rings is 1. The van der Waals surface area contributed by atoms with Crippen LogP contribution in [0.25, 0.3) is 5.57 Å². The van der Waals surface area contributed by atoms with Crippen LogP contribution in [0.15, 0.2) is 48.7 Å². The normalized spacial score (nSPS) is 16.2. The summed E-state index contributed by atoms with van der Waals surface area (Å²) in [4.78, 5) is 2.43. The third kappa shape index (κ3) is 2.83. The highest BCUT2D eigenvalue weighted by Crippen LogP contribution is 2.23. The topological polar surface area (TPSA) is 8.17 Å². The summed E-state index contributed by atoms with van der Waals surface area (Å²) in [5.41, 5.74) is 3.81. The SMILES string of the molecule is Cn1cccc1CN1CC=C(c2ccc(F)cc2)CC1. The number of nitrogens with zero attached hydrogens (tertiary/aromatic N) is 2. The van der Waals surface area contributed by atoms with Crippen LogP contribution in [0.4, 0.5) is 4.39 Å². The molecular weight excluding hydrogens is 251 g/mol. The summed E-state index contributed by atoms with van der Waals surface area (Å²) in [6.07, 6.45) is 5.37. The van der Waals surface area contributed by atoms with E-state index in [9.17, 15) is 4.39 Å². The van der Waals surface area contributed by atoms with E-state index in [1.165, 1.54) is 23.4 Å². The van der Waals surface area contributed by atoms with Crippen molar-refractivity contribution < 1.29 is 4.39 Å². The maximum absolute atomic E-state index is 12.9. The van der Waals surface area contributed by atoms with Gasteiger partial charge in [0.05, 0.1) is 0 Å². The molecule has 0 fully saturated rings. The molecule has 0 saturated heterocycles. The van der Waals surface area contributed by atoms with E-state index in [0.717, 1.165) is 31.6 Å². The monoisotopic (exact) mass is 270 g/mol. The predicted molar refractivity (Wildman–Crippen MR) is 79.7 cm³/mol. The van der Waals surface area contributed by atoms with Crippen LogP contribution in [0.2, 0.25) is 0 Å². The molecule has 0 spiro atoms. The lowest BCUT2D eigenvalue weighted by molar-refractivity contribution is 0.287. The molecule has 2 nitrogen and oxygen atoms in total. The van der Waals surface area contributed by atoms with Gasteiger partial charge in [-0.2, -0.15) is 0 Å². The van der Waals surface area contributed by atoms with Crippen LogP contribution in [-0.2, 0) is 13.6 Å². The number of aryl methyl sites for hydroxylation is 1. The highest BCUT2D eigenvalue weighted by molar-refractivity contribution is 5.66. The van der Waals surface area contributed by atoms with E-state index in [1.807, 2.05) is 12.1 Å². The molecule has 20 heavy (non-hydrogen) atoms. The zero-order valence-corrected chi connectivity index (χ0v) is 11.7. The second kappa shape index (κ2) is 5.63. The van der Waals surface area contributed by atoms with E-state index in [1.54, 1.807) is 0 Å². The molecule has 3 heteroatoms. The van der Waals surface area contributed by atoms with Gasteiger partial charge in [-0.25, -0.2) is 4.39 Å². The van der Waals surface area contributed by atoms with Crippen LogP contribution in [0, 0.1) is 5.82 Å². The standard InChI is InChI=1S/C17H19FN2/c1-19-10-2-3-17(19)13-20-11-8-15(9-12-20)14-4-6-16(18)7-5-14/h2-8,10H,9,11-13H2,1H3. The zero-order valence-electron chi connectivity index (χ0n) is 11.7. The highest BCUT2D eigenvalue weighted by atomic mass is 19.1. The smallest absolute Gasteiger partial charge is 0.123 e. The maximum atomic E-state index is 12.9. The van der Waals surface area contributed by atoms with Gasteiger partial charge in [0.25, 0.3) is 0 Å². The van der Waals surface area contributed by atoms with Crippen LogP contribution in [0.3, 0.4) is 0 Å². The zero-order chi connectivity index (χ0) is 13.9. The maximum Gasteiger partial charge on any atom is 0.123 e. The van der Waals surface area contributed by atoms with Gasteiger partial charge in [-0.1, -0.05) is 18.2 Å². The lowest BCUT2D eigenvalue weighted by Gasteiger charge is -2.26. The molecule has 1 aromatic heterocycles. The average Bonchev–Trinajstić information content (AvgIpc) is 2.86. The van der Waals surface area contributed by atoms with Crippen LogP contribution in [0.1, 0.15) is 17.7 Å². The lowest BCUT2D eigenvalue weighted by Crippen LogP contribution is -2.28. The van der Waals surface area contributed by atoms with Gasteiger partial charge in [0.1, 0.15) is 5.82 Å².